The van der Waals surface area contributed by atoms with Crippen molar-refractivity contribution in [2.24, 2.45) is 5.16 Å². The second kappa shape index (κ2) is 15.2. The van der Waals surface area contributed by atoms with E-state index in [9.17, 15) is 24.3 Å². The van der Waals surface area contributed by atoms with Gasteiger partial charge in [-0.2, -0.15) is 0 Å². The van der Waals surface area contributed by atoms with Crippen molar-refractivity contribution in [1.82, 2.24) is 40.7 Å². The number of nitrogens with zero attached hydrogens (tertiary/aromatic N) is 7. The Balaban J connectivity index is 1.09. The van der Waals surface area contributed by atoms with Gasteiger partial charge in [0, 0.05) is 39.9 Å². The number of anilines is 1. The van der Waals surface area contributed by atoms with Crippen molar-refractivity contribution >= 4 is 57.6 Å². The first-order chi connectivity index (χ1) is 27.2. The molecule has 2 saturated heterocycles. The van der Waals surface area contributed by atoms with Crippen LogP contribution in [0.2, 0.25) is 0 Å². The van der Waals surface area contributed by atoms with E-state index in [1.807, 2.05) is 91.0 Å². The fourth-order valence-electron chi connectivity index (χ4n) is 6.94. The molecule has 0 radical (unpaired) electrons. The van der Waals surface area contributed by atoms with Crippen molar-refractivity contribution in [2.75, 3.05) is 18.0 Å². The summed E-state index contributed by atoms with van der Waals surface area (Å²) in [5.41, 5.74) is 7.25. The fourth-order valence-corrected chi connectivity index (χ4v) is 8.80. The topological polar surface area (TPSA) is 222 Å². The van der Waals surface area contributed by atoms with Crippen LogP contribution in [0, 0.1) is 0 Å². The molecule has 0 saturated carbocycles. The van der Waals surface area contributed by atoms with Gasteiger partial charge in [0.1, 0.15) is 22.8 Å². The molecule has 2 fully saturated rings. The third-order valence-electron chi connectivity index (χ3n) is 9.57. The van der Waals surface area contributed by atoms with E-state index < -0.39 is 34.8 Å². The van der Waals surface area contributed by atoms with E-state index in [4.69, 9.17) is 10.6 Å². The lowest BCUT2D eigenvalue weighted by Crippen LogP contribution is -2.71. The van der Waals surface area contributed by atoms with Gasteiger partial charge in [-0.3, -0.25) is 19.3 Å². The van der Waals surface area contributed by atoms with Crippen LogP contribution in [-0.2, 0) is 36.2 Å². The molecule has 5 aromatic rings. The molecule has 3 aliphatic heterocycles. The van der Waals surface area contributed by atoms with Crippen molar-refractivity contribution in [2.45, 2.75) is 30.0 Å². The van der Waals surface area contributed by atoms with E-state index in [-0.39, 0.29) is 40.4 Å². The number of benzene rings is 3. The number of nitrogens with two attached hydrogens (primary N) is 1. The Bertz CT molecular complexity index is 2290. The molecule has 0 bridgehead atoms. The van der Waals surface area contributed by atoms with Crippen molar-refractivity contribution in [3.63, 3.8) is 0 Å². The zero-order valence-corrected chi connectivity index (χ0v) is 30.9. The number of tetrazole rings is 1. The average molecular weight is 789 g/mol. The maximum absolute atomic E-state index is 14.2. The molecule has 5 N–H and O–H groups in total. The number of aromatic nitrogens is 5. The number of β-lactam (4-membered cyclic amide) rings is 1. The van der Waals surface area contributed by atoms with Crippen LogP contribution in [0.5, 0.6) is 0 Å². The summed E-state index contributed by atoms with van der Waals surface area (Å²) in [4.78, 5) is 67.3. The zero-order valence-electron chi connectivity index (χ0n) is 29.3. The number of carboxylic acid groups (broad SMARTS) is 1. The van der Waals surface area contributed by atoms with E-state index in [1.54, 1.807) is 16.4 Å². The molecule has 16 nitrogen and oxygen atoms in total. The summed E-state index contributed by atoms with van der Waals surface area (Å²) in [7, 11) is 0. The first-order valence-corrected chi connectivity index (χ1v) is 19.3. The number of oxime groups is 1. The maximum atomic E-state index is 14.2. The van der Waals surface area contributed by atoms with Crippen molar-refractivity contribution in [1.29, 1.82) is 0 Å². The number of nitrogens with one attached hydrogen (secondary N) is 2. The molecule has 2 aromatic heterocycles. The zero-order chi connectivity index (χ0) is 38.8. The summed E-state index contributed by atoms with van der Waals surface area (Å²) < 4.78 is 0. The highest BCUT2D eigenvalue weighted by atomic mass is 32.2. The lowest BCUT2D eigenvalue weighted by molar-refractivity contribution is -0.150. The number of thiazole rings is 1. The number of amides is 3. The molecule has 0 unspecified atom stereocenters. The fraction of sp³-hybridized carbons (Fsp3) is 0.184. The molecule has 282 valence electrons. The van der Waals surface area contributed by atoms with E-state index >= 15 is 0 Å². The van der Waals surface area contributed by atoms with Crippen LogP contribution in [0.4, 0.5) is 5.13 Å². The normalized spacial score (nSPS) is 19.2. The van der Waals surface area contributed by atoms with Gasteiger partial charge in [-0.25, -0.2) is 14.9 Å². The minimum Gasteiger partial charge on any atom is -0.477 e. The van der Waals surface area contributed by atoms with Gasteiger partial charge in [0.25, 0.3) is 11.8 Å². The molecule has 3 aliphatic rings. The number of hydrogen-bond donors (Lipinski definition) is 4. The number of nitrogen functional groups attached to an aromatic ring is 1. The molecule has 0 spiro atoms. The number of allylic oxidation sites excluding steroid dienone is 1. The molecule has 2 atom stereocenters. The van der Waals surface area contributed by atoms with Crippen LogP contribution in [-0.4, -0.2) is 93.6 Å². The van der Waals surface area contributed by atoms with Gasteiger partial charge in [0.05, 0.1) is 6.54 Å². The average Bonchev–Trinajstić information content (AvgIpc) is 3.99. The van der Waals surface area contributed by atoms with Gasteiger partial charge in [-0.1, -0.05) is 96.2 Å². The van der Waals surface area contributed by atoms with Crippen LogP contribution in [0.3, 0.4) is 0 Å². The Kier molecular flexibility index (Phi) is 9.88. The Morgan fingerprint density at radius 1 is 1.02 bits per heavy atom. The summed E-state index contributed by atoms with van der Waals surface area (Å²) in [6.07, 6.45) is 1.92. The molecule has 5 heterocycles. The van der Waals surface area contributed by atoms with Gasteiger partial charge >= 0.3 is 5.97 Å². The number of aliphatic carboxylic acids is 1. The number of hydrogen-bond acceptors (Lipinski definition) is 13. The highest BCUT2D eigenvalue weighted by molar-refractivity contribution is 8.00. The van der Waals surface area contributed by atoms with E-state index in [0.717, 1.165) is 32.9 Å². The molecule has 18 heteroatoms. The highest BCUT2D eigenvalue weighted by Crippen LogP contribution is 2.43. The second-order valence-electron chi connectivity index (χ2n) is 12.9. The third kappa shape index (κ3) is 6.68. The Morgan fingerprint density at radius 2 is 1.66 bits per heavy atom. The number of aromatic amines is 1. The standard InChI is InChI=1S/C38H32N10O6S2/c39-37-40-27(21-56-37)29(44-54-38(24-10-4-1-5-11-24,25-12-6-2-7-13-25)26-14-8-3-9-15-26)32(49)41-30-34(51)48-31(36(52)53)23(20-55-35(30)48)18-22-16-17-47(33(22)50)19-28-42-45-46-43-28/h1-15,18,21,30,35H,16-17,19-20H2,(H2,39,40)(H,41,49)(H,52,53)(H,42,43,45,46)/t30-,35-/m1/s1. The van der Waals surface area contributed by atoms with Crippen LogP contribution in [0.1, 0.15) is 34.6 Å². The first kappa shape index (κ1) is 36.3. The van der Waals surface area contributed by atoms with Gasteiger partial charge in [0.2, 0.25) is 11.5 Å². The van der Waals surface area contributed by atoms with E-state index in [1.165, 1.54) is 11.8 Å². The van der Waals surface area contributed by atoms with Gasteiger partial charge < -0.3 is 25.9 Å². The number of fused-ring (bicyclic) bond motifs is 1. The van der Waals surface area contributed by atoms with Crippen LogP contribution >= 0.6 is 23.1 Å². The molecule has 0 aliphatic carbocycles. The van der Waals surface area contributed by atoms with Gasteiger partial charge in [-0.05, 0) is 28.5 Å². The summed E-state index contributed by atoms with van der Waals surface area (Å²) in [6.45, 7) is 0.571. The number of carbonyl (C=O) groups is 4. The lowest BCUT2D eigenvalue weighted by Gasteiger charge is -2.49. The van der Waals surface area contributed by atoms with E-state index in [2.05, 4.69) is 36.1 Å². The van der Waals surface area contributed by atoms with E-state index in [0.29, 0.717) is 29.9 Å². The molecule has 3 amide bonds. The summed E-state index contributed by atoms with van der Waals surface area (Å²) in [6, 6.07) is 27.3. The number of H-pyrrole nitrogens is 1. The van der Waals surface area contributed by atoms with Crippen molar-refractivity contribution in [3.8, 4) is 0 Å². The lowest BCUT2D eigenvalue weighted by atomic mass is 9.80. The maximum Gasteiger partial charge on any atom is 0.352 e. The smallest absolute Gasteiger partial charge is 0.352 e. The van der Waals surface area contributed by atoms with Crippen LogP contribution in [0.25, 0.3) is 0 Å². The molecule has 8 rings (SSSR count). The van der Waals surface area contributed by atoms with Gasteiger partial charge in [-0.15, -0.1) is 28.2 Å². The quantitative estimate of drug-likeness (QED) is 0.0471. The number of likely N-dealkylation sites (tertiary alicyclic amines) is 1. The summed E-state index contributed by atoms with van der Waals surface area (Å²) >= 11 is 2.37. The number of thioether (sulfide) groups is 1. The predicted molar refractivity (Wildman–Crippen MR) is 205 cm³/mol. The molecular weight excluding hydrogens is 757 g/mol. The summed E-state index contributed by atoms with van der Waals surface area (Å²) in [5, 5.41) is 32.1. The Hall–Kier alpha value is -6.66. The minimum atomic E-state index is -1.33. The van der Waals surface area contributed by atoms with Gasteiger partial charge in [0.15, 0.2) is 16.7 Å². The molecule has 56 heavy (non-hydrogen) atoms. The monoisotopic (exact) mass is 788 g/mol. The third-order valence-corrected chi connectivity index (χ3v) is 11.5. The van der Waals surface area contributed by atoms with Crippen molar-refractivity contribution < 1.29 is 29.1 Å². The number of carbonyl (C=O) groups excluding carboxylic acids is 3. The first-order valence-electron chi connectivity index (χ1n) is 17.3. The SMILES string of the molecule is Nc1nc(C(=NOC(c2ccccc2)(c2ccccc2)c2ccccc2)C(=O)N[C@@H]2C(=O)N3C(C(=O)O)=C(C=C4CCN(Cc5nnn[nH]5)C4=O)CS[C@H]23)cs1. The summed E-state index contributed by atoms with van der Waals surface area (Å²) in [5.74, 6) is -2.43. The van der Waals surface area contributed by atoms with Crippen LogP contribution < -0.4 is 11.1 Å². The minimum absolute atomic E-state index is 0.128. The van der Waals surface area contributed by atoms with Crippen LogP contribution in [0.15, 0.2) is 124 Å². The highest BCUT2D eigenvalue weighted by Gasteiger charge is 2.54. The second-order valence-corrected chi connectivity index (χ2v) is 14.9. The predicted octanol–water partition coefficient (Wildman–Crippen LogP) is 3.05. The molecular formula is C38H32N10O6S2. The van der Waals surface area contributed by atoms with Crippen molar-refractivity contribution in [3.05, 3.63) is 148 Å². The number of rotatable bonds is 12. The Labute approximate surface area is 327 Å². The largest absolute Gasteiger partial charge is 0.477 e. The number of carboxylic acids is 1. The Morgan fingerprint density at radius 3 is 2.21 bits per heavy atom. The molecule has 3 aromatic carbocycles.